The van der Waals surface area contributed by atoms with E-state index in [1.54, 1.807) is 0 Å². The van der Waals surface area contributed by atoms with Gasteiger partial charge in [0.2, 0.25) is 12.2 Å². The van der Waals surface area contributed by atoms with Crippen molar-refractivity contribution in [1.29, 1.82) is 0 Å². The summed E-state index contributed by atoms with van der Waals surface area (Å²) in [5.74, 6) is 0.562. The van der Waals surface area contributed by atoms with Crippen LogP contribution in [-0.4, -0.2) is 27.0 Å². The van der Waals surface area contributed by atoms with Crippen molar-refractivity contribution < 1.29 is 22.8 Å². The van der Waals surface area contributed by atoms with E-state index in [1.807, 2.05) is 25.1 Å². The highest BCUT2D eigenvalue weighted by atomic mass is 19.4. The zero-order chi connectivity index (χ0) is 17.0. The van der Waals surface area contributed by atoms with Crippen LogP contribution in [0.5, 0.6) is 0 Å². The van der Waals surface area contributed by atoms with Crippen LogP contribution in [0.4, 0.5) is 18.9 Å². The van der Waals surface area contributed by atoms with E-state index < -0.39 is 11.8 Å². The molecular weight excluding hydrogens is 299 g/mol. The summed E-state index contributed by atoms with van der Waals surface area (Å²) < 4.78 is 39.4. The number of aryl methyl sites for hydroxylation is 1. The van der Waals surface area contributed by atoms with Crippen LogP contribution in [0.2, 0.25) is 0 Å². The van der Waals surface area contributed by atoms with Gasteiger partial charge in [-0.15, -0.1) is 0 Å². The molecule has 8 heteroatoms. The van der Waals surface area contributed by atoms with Crippen molar-refractivity contribution in [3.63, 3.8) is 0 Å². The summed E-state index contributed by atoms with van der Waals surface area (Å²) in [6, 6.07) is 5.68. The molecule has 0 bridgehead atoms. The minimum atomic E-state index is -4.50. The van der Waals surface area contributed by atoms with Crippen molar-refractivity contribution in [1.82, 2.24) is 10.1 Å². The van der Waals surface area contributed by atoms with E-state index in [0.29, 0.717) is 5.82 Å². The van der Waals surface area contributed by atoms with Gasteiger partial charge in [0.05, 0.1) is 0 Å². The Balaban J connectivity index is 0.000000239. The Labute approximate surface area is 125 Å². The van der Waals surface area contributed by atoms with Crippen molar-refractivity contribution in [2.75, 3.05) is 5.73 Å². The highest BCUT2D eigenvalue weighted by Crippen LogP contribution is 2.31. The Morgan fingerprint density at radius 2 is 1.95 bits per heavy atom. The van der Waals surface area contributed by atoms with E-state index in [9.17, 15) is 13.2 Å². The van der Waals surface area contributed by atoms with Crippen LogP contribution in [0.25, 0.3) is 11.4 Å². The van der Waals surface area contributed by atoms with Crippen LogP contribution >= 0.6 is 0 Å². The Kier molecular flexibility index (Phi) is 5.54. The van der Waals surface area contributed by atoms with Gasteiger partial charge in [0.15, 0.2) is 5.60 Å². The average Bonchev–Trinajstić information content (AvgIpc) is 2.95. The molecule has 122 valence electrons. The SMILES string of the molecule is CCC(C)(O)C(F)(F)F.Cc1ccc(-c2ncon2)cc1N. The Bertz CT molecular complexity index is 596. The normalized spacial score (nSPS) is 14.0. The number of aliphatic hydroxyl groups is 1. The summed E-state index contributed by atoms with van der Waals surface area (Å²) in [5.41, 5.74) is 5.88. The third-order valence-electron chi connectivity index (χ3n) is 3.20. The maximum Gasteiger partial charge on any atom is 0.416 e. The van der Waals surface area contributed by atoms with Crippen LogP contribution in [0.15, 0.2) is 29.1 Å². The Morgan fingerprint density at radius 1 is 1.32 bits per heavy atom. The maximum absolute atomic E-state index is 11.6. The molecular formula is C14H18F3N3O2. The lowest BCUT2D eigenvalue weighted by atomic mass is 10.0. The van der Waals surface area contributed by atoms with Crippen molar-refractivity contribution in [3.8, 4) is 11.4 Å². The first-order chi connectivity index (χ1) is 10.1. The molecule has 0 saturated carbocycles. The Morgan fingerprint density at radius 3 is 2.32 bits per heavy atom. The average molecular weight is 317 g/mol. The third-order valence-corrected chi connectivity index (χ3v) is 3.20. The van der Waals surface area contributed by atoms with Crippen molar-refractivity contribution in [2.45, 2.75) is 39.0 Å². The van der Waals surface area contributed by atoms with E-state index in [4.69, 9.17) is 10.8 Å². The highest BCUT2D eigenvalue weighted by Gasteiger charge is 2.48. The summed E-state index contributed by atoms with van der Waals surface area (Å²) in [5, 5.41) is 12.3. The number of hydrogen-bond donors (Lipinski definition) is 2. The number of nitrogen functional groups attached to an aromatic ring is 1. The first kappa shape index (κ1) is 18.0. The molecule has 0 fully saturated rings. The fourth-order valence-electron chi connectivity index (χ4n) is 1.28. The number of nitrogens with zero attached hydrogens (tertiary/aromatic N) is 2. The number of hydrogen-bond acceptors (Lipinski definition) is 5. The minimum Gasteiger partial charge on any atom is -0.398 e. The molecule has 22 heavy (non-hydrogen) atoms. The highest BCUT2D eigenvalue weighted by molar-refractivity contribution is 5.62. The van der Waals surface area contributed by atoms with Crippen LogP contribution in [0.3, 0.4) is 0 Å². The molecule has 1 atom stereocenters. The molecule has 0 saturated heterocycles. The van der Waals surface area contributed by atoms with Gasteiger partial charge in [-0.2, -0.15) is 18.2 Å². The lowest BCUT2D eigenvalue weighted by Gasteiger charge is -2.23. The lowest BCUT2D eigenvalue weighted by molar-refractivity contribution is -0.253. The number of rotatable bonds is 2. The van der Waals surface area contributed by atoms with Gasteiger partial charge in [-0.05, 0) is 31.9 Å². The maximum atomic E-state index is 11.6. The molecule has 0 aliphatic carbocycles. The van der Waals surface area contributed by atoms with Crippen molar-refractivity contribution in [3.05, 3.63) is 30.2 Å². The van der Waals surface area contributed by atoms with Gasteiger partial charge in [-0.3, -0.25) is 0 Å². The molecule has 0 aliphatic rings. The van der Waals surface area contributed by atoms with E-state index in [1.165, 1.54) is 13.3 Å². The van der Waals surface area contributed by atoms with Crippen LogP contribution < -0.4 is 5.73 Å². The summed E-state index contributed by atoms with van der Waals surface area (Å²) in [4.78, 5) is 3.92. The standard InChI is InChI=1S/C9H9N3O.C5H9F3O/c1-6-2-3-7(4-8(6)10)9-11-5-13-12-9;1-3-4(2,9)5(6,7)8/h2-5H,10H2,1H3;9H,3H2,1-2H3. The molecule has 0 radical (unpaired) electrons. The number of aromatic nitrogens is 2. The first-order valence-electron chi connectivity index (χ1n) is 6.50. The number of halogens is 3. The molecule has 1 unspecified atom stereocenters. The second kappa shape index (κ2) is 6.78. The molecule has 2 rings (SSSR count). The van der Waals surface area contributed by atoms with E-state index in [0.717, 1.165) is 23.7 Å². The smallest absolute Gasteiger partial charge is 0.398 e. The number of alkyl halides is 3. The molecule has 0 spiro atoms. The largest absolute Gasteiger partial charge is 0.416 e. The topological polar surface area (TPSA) is 85.2 Å². The molecule has 0 aliphatic heterocycles. The molecule has 2 aromatic rings. The predicted octanol–water partition coefficient (Wildman–Crippen LogP) is 3.34. The fraction of sp³-hybridized carbons (Fsp3) is 0.429. The van der Waals surface area contributed by atoms with Crippen LogP contribution in [0, 0.1) is 6.92 Å². The number of nitrogens with two attached hydrogens (primary N) is 1. The van der Waals surface area contributed by atoms with Crippen molar-refractivity contribution >= 4 is 5.69 Å². The van der Waals surface area contributed by atoms with E-state index in [2.05, 4.69) is 14.7 Å². The molecule has 1 aromatic carbocycles. The quantitative estimate of drug-likeness (QED) is 0.830. The van der Waals surface area contributed by atoms with Gasteiger partial charge >= 0.3 is 6.18 Å². The van der Waals surface area contributed by atoms with Gasteiger partial charge in [0, 0.05) is 11.3 Å². The predicted molar refractivity (Wildman–Crippen MR) is 75.9 cm³/mol. The Hall–Kier alpha value is -2.09. The van der Waals surface area contributed by atoms with Crippen LogP contribution in [0.1, 0.15) is 25.8 Å². The van der Waals surface area contributed by atoms with Gasteiger partial charge in [0.1, 0.15) is 0 Å². The molecule has 0 amide bonds. The summed E-state index contributed by atoms with van der Waals surface area (Å²) in [6.45, 7) is 4.00. The second-order valence-corrected chi connectivity index (χ2v) is 4.95. The van der Waals surface area contributed by atoms with Gasteiger partial charge in [-0.25, -0.2) is 0 Å². The second-order valence-electron chi connectivity index (χ2n) is 4.95. The van der Waals surface area contributed by atoms with Gasteiger partial charge in [-0.1, -0.05) is 24.2 Å². The van der Waals surface area contributed by atoms with Gasteiger partial charge < -0.3 is 15.4 Å². The molecule has 3 N–H and O–H groups in total. The summed E-state index contributed by atoms with van der Waals surface area (Å²) in [7, 11) is 0. The van der Waals surface area contributed by atoms with Crippen LogP contribution in [-0.2, 0) is 0 Å². The zero-order valence-corrected chi connectivity index (χ0v) is 12.5. The zero-order valence-electron chi connectivity index (χ0n) is 12.5. The monoisotopic (exact) mass is 317 g/mol. The van der Waals surface area contributed by atoms with E-state index >= 15 is 0 Å². The molecule has 1 heterocycles. The van der Waals surface area contributed by atoms with Crippen molar-refractivity contribution in [2.24, 2.45) is 0 Å². The summed E-state index contributed by atoms with van der Waals surface area (Å²) in [6.07, 6.45) is -3.51. The first-order valence-corrected chi connectivity index (χ1v) is 6.50. The number of benzene rings is 1. The third kappa shape index (κ3) is 4.45. The molecule has 5 nitrogen and oxygen atoms in total. The van der Waals surface area contributed by atoms with E-state index in [-0.39, 0.29) is 6.42 Å². The fourth-order valence-corrected chi connectivity index (χ4v) is 1.28. The minimum absolute atomic E-state index is 0.309. The van der Waals surface area contributed by atoms with Gasteiger partial charge in [0.25, 0.3) is 0 Å². The lowest BCUT2D eigenvalue weighted by Crippen LogP contribution is -2.41. The number of anilines is 1. The molecule has 1 aromatic heterocycles. The summed E-state index contributed by atoms with van der Waals surface area (Å²) >= 11 is 0.